The molecule has 13 heavy (non-hydrogen) atoms. The van der Waals surface area contributed by atoms with E-state index in [1.807, 2.05) is 7.05 Å². The molecular formula is C10H24N2Si. The first-order valence-electron chi connectivity index (χ1n) is 5.56. The van der Waals surface area contributed by atoms with Crippen LogP contribution in [0.4, 0.5) is 0 Å². The second-order valence-electron chi connectivity index (χ2n) is 4.73. The minimum absolute atomic E-state index is 1.03. The Balaban J connectivity index is 2.26. The standard InChI is InChI=1S/C10H24N2Si/c1-11-8-9-12-13(2,3)10-6-4-5-7-10/h10-12H,4-9H2,1-3H3. The van der Waals surface area contributed by atoms with Crippen molar-refractivity contribution >= 4 is 8.24 Å². The molecule has 0 aromatic rings. The Morgan fingerprint density at radius 2 is 1.77 bits per heavy atom. The van der Waals surface area contributed by atoms with Crippen LogP contribution in [-0.4, -0.2) is 28.4 Å². The summed E-state index contributed by atoms with van der Waals surface area (Å²) in [5.74, 6) is 0. The van der Waals surface area contributed by atoms with Gasteiger partial charge in [-0.05, 0) is 12.6 Å². The van der Waals surface area contributed by atoms with E-state index in [0.29, 0.717) is 0 Å². The number of rotatable bonds is 5. The van der Waals surface area contributed by atoms with Crippen molar-refractivity contribution < 1.29 is 0 Å². The molecule has 0 bridgehead atoms. The molecule has 0 aliphatic heterocycles. The summed E-state index contributed by atoms with van der Waals surface area (Å²) in [5, 5.41) is 3.19. The van der Waals surface area contributed by atoms with Gasteiger partial charge in [0.25, 0.3) is 0 Å². The maximum absolute atomic E-state index is 3.78. The van der Waals surface area contributed by atoms with Crippen LogP contribution < -0.4 is 10.3 Å². The van der Waals surface area contributed by atoms with Crippen LogP contribution in [0.3, 0.4) is 0 Å². The minimum atomic E-state index is -1.10. The van der Waals surface area contributed by atoms with Crippen LogP contribution >= 0.6 is 0 Å². The van der Waals surface area contributed by atoms with Gasteiger partial charge in [-0.1, -0.05) is 38.8 Å². The lowest BCUT2D eigenvalue weighted by atomic mass is 10.4. The van der Waals surface area contributed by atoms with Gasteiger partial charge in [-0.2, -0.15) is 0 Å². The number of nitrogens with one attached hydrogen (secondary N) is 2. The van der Waals surface area contributed by atoms with E-state index < -0.39 is 8.24 Å². The normalized spacial score (nSPS) is 19.6. The first-order chi connectivity index (χ1) is 6.17. The molecule has 0 unspecified atom stereocenters. The fourth-order valence-corrected chi connectivity index (χ4v) is 5.21. The van der Waals surface area contributed by atoms with Crippen LogP contribution in [0.25, 0.3) is 0 Å². The molecule has 1 saturated carbocycles. The largest absolute Gasteiger partial charge is 0.336 e. The molecule has 1 aliphatic carbocycles. The van der Waals surface area contributed by atoms with E-state index in [1.165, 1.54) is 25.7 Å². The summed E-state index contributed by atoms with van der Waals surface area (Å²) < 4.78 is 0. The van der Waals surface area contributed by atoms with Crippen LogP contribution in [0.2, 0.25) is 18.6 Å². The Labute approximate surface area is 83.6 Å². The Morgan fingerprint density at radius 3 is 2.31 bits per heavy atom. The Bertz CT molecular complexity index is 142. The van der Waals surface area contributed by atoms with Crippen molar-refractivity contribution in [3.05, 3.63) is 0 Å². The molecule has 1 rings (SSSR count). The van der Waals surface area contributed by atoms with E-state index >= 15 is 0 Å². The summed E-state index contributed by atoms with van der Waals surface area (Å²) >= 11 is 0. The third-order valence-electron chi connectivity index (χ3n) is 3.33. The highest BCUT2D eigenvalue weighted by molar-refractivity contribution is 6.76. The summed E-state index contributed by atoms with van der Waals surface area (Å²) in [6.45, 7) is 7.21. The summed E-state index contributed by atoms with van der Waals surface area (Å²) in [6.07, 6.45) is 5.89. The fourth-order valence-electron chi connectivity index (χ4n) is 2.30. The average molecular weight is 200 g/mol. The van der Waals surface area contributed by atoms with E-state index in [1.54, 1.807) is 0 Å². The van der Waals surface area contributed by atoms with Gasteiger partial charge in [0.2, 0.25) is 0 Å². The smallest absolute Gasteiger partial charge is 0.122 e. The van der Waals surface area contributed by atoms with Gasteiger partial charge < -0.3 is 10.3 Å². The molecule has 78 valence electrons. The highest BCUT2D eigenvalue weighted by Gasteiger charge is 2.33. The van der Waals surface area contributed by atoms with Gasteiger partial charge in [0, 0.05) is 13.1 Å². The van der Waals surface area contributed by atoms with Crippen LogP contribution in [0.5, 0.6) is 0 Å². The second-order valence-corrected chi connectivity index (χ2v) is 9.35. The molecule has 0 aromatic heterocycles. The molecule has 0 spiro atoms. The van der Waals surface area contributed by atoms with Crippen LogP contribution in [0.15, 0.2) is 0 Å². The lowest BCUT2D eigenvalue weighted by Gasteiger charge is -2.30. The molecule has 1 fully saturated rings. The zero-order valence-corrected chi connectivity index (χ0v) is 10.3. The third-order valence-corrected chi connectivity index (χ3v) is 7.11. The van der Waals surface area contributed by atoms with E-state index in [4.69, 9.17) is 0 Å². The molecular weight excluding hydrogens is 176 g/mol. The topological polar surface area (TPSA) is 24.1 Å². The zero-order valence-electron chi connectivity index (χ0n) is 9.32. The lowest BCUT2D eigenvalue weighted by molar-refractivity contribution is 0.727. The molecule has 2 nitrogen and oxygen atoms in total. The maximum Gasteiger partial charge on any atom is 0.122 e. The highest BCUT2D eigenvalue weighted by atomic mass is 28.3. The Kier molecular flexibility index (Phi) is 4.42. The quantitative estimate of drug-likeness (QED) is 0.523. The summed E-state index contributed by atoms with van der Waals surface area (Å²) in [6, 6.07) is 0. The molecule has 0 aromatic carbocycles. The molecule has 0 amide bonds. The molecule has 1 aliphatic rings. The average Bonchev–Trinajstić information content (AvgIpc) is 2.56. The zero-order chi connectivity index (χ0) is 9.73. The van der Waals surface area contributed by atoms with Gasteiger partial charge >= 0.3 is 0 Å². The Hall–Kier alpha value is 0.137. The van der Waals surface area contributed by atoms with E-state index in [9.17, 15) is 0 Å². The van der Waals surface area contributed by atoms with Gasteiger partial charge in [-0.25, -0.2) is 0 Å². The van der Waals surface area contributed by atoms with E-state index in [2.05, 4.69) is 23.4 Å². The predicted molar refractivity (Wildman–Crippen MR) is 61.6 cm³/mol. The van der Waals surface area contributed by atoms with Crippen molar-refractivity contribution in [1.82, 2.24) is 10.3 Å². The van der Waals surface area contributed by atoms with Gasteiger partial charge in [0.05, 0.1) is 0 Å². The van der Waals surface area contributed by atoms with Crippen LogP contribution in [-0.2, 0) is 0 Å². The highest BCUT2D eigenvalue weighted by Crippen LogP contribution is 2.36. The fraction of sp³-hybridized carbons (Fsp3) is 1.00. The second kappa shape index (κ2) is 5.13. The lowest BCUT2D eigenvalue weighted by Crippen LogP contribution is -2.50. The molecule has 0 atom stereocenters. The first-order valence-corrected chi connectivity index (χ1v) is 8.64. The van der Waals surface area contributed by atoms with Crippen molar-refractivity contribution in [3.8, 4) is 0 Å². The summed E-state index contributed by atoms with van der Waals surface area (Å²) in [4.78, 5) is 3.78. The summed E-state index contributed by atoms with van der Waals surface area (Å²) in [7, 11) is 0.922. The number of hydrogen-bond donors (Lipinski definition) is 2. The molecule has 2 N–H and O–H groups in total. The molecule has 0 radical (unpaired) electrons. The minimum Gasteiger partial charge on any atom is -0.336 e. The molecule has 0 heterocycles. The third kappa shape index (κ3) is 3.41. The van der Waals surface area contributed by atoms with Crippen molar-refractivity contribution in [1.29, 1.82) is 0 Å². The maximum atomic E-state index is 3.78. The van der Waals surface area contributed by atoms with Gasteiger partial charge in [-0.3, -0.25) is 0 Å². The first kappa shape index (κ1) is 11.2. The van der Waals surface area contributed by atoms with Crippen LogP contribution in [0, 0.1) is 0 Å². The van der Waals surface area contributed by atoms with Crippen molar-refractivity contribution in [2.75, 3.05) is 20.1 Å². The van der Waals surface area contributed by atoms with Crippen molar-refractivity contribution in [2.45, 2.75) is 44.3 Å². The Morgan fingerprint density at radius 1 is 1.15 bits per heavy atom. The number of likely N-dealkylation sites (N-methyl/N-ethyl adjacent to an activating group) is 1. The van der Waals surface area contributed by atoms with Gasteiger partial charge in [0.15, 0.2) is 0 Å². The monoisotopic (exact) mass is 200 g/mol. The van der Waals surface area contributed by atoms with Crippen molar-refractivity contribution in [3.63, 3.8) is 0 Å². The SMILES string of the molecule is CNCCN[Si](C)(C)C1CCCC1. The molecule has 0 saturated heterocycles. The number of hydrogen-bond acceptors (Lipinski definition) is 2. The van der Waals surface area contributed by atoms with Crippen LogP contribution in [0.1, 0.15) is 25.7 Å². The van der Waals surface area contributed by atoms with Gasteiger partial charge in [0.1, 0.15) is 8.24 Å². The summed E-state index contributed by atoms with van der Waals surface area (Å²) in [5.41, 5.74) is 1.03. The van der Waals surface area contributed by atoms with Crippen molar-refractivity contribution in [2.24, 2.45) is 0 Å². The van der Waals surface area contributed by atoms with E-state index in [0.717, 1.165) is 18.6 Å². The molecule has 3 heteroatoms. The predicted octanol–water partition coefficient (Wildman–Crippen LogP) is 1.94. The van der Waals surface area contributed by atoms with E-state index in [-0.39, 0.29) is 0 Å². The van der Waals surface area contributed by atoms with Gasteiger partial charge in [-0.15, -0.1) is 0 Å².